The zero-order chi connectivity index (χ0) is 13.4. The minimum absolute atomic E-state index is 0.0207. The quantitative estimate of drug-likeness (QED) is 0.638. The number of halogens is 1. The minimum atomic E-state index is -0.0207. The van der Waals surface area contributed by atoms with Gasteiger partial charge in [-0.25, -0.2) is 0 Å². The Bertz CT molecular complexity index is 635. The summed E-state index contributed by atoms with van der Waals surface area (Å²) in [6.07, 6.45) is 1.73. The number of benzene rings is 1. The Morgan fingerprint density at radius 2 is 2.21 bits per heavy atom. The van der Waals surface area contributed by atoms with Crippen molar-refractivity contribution >= 4 is 23.1 Å². The topological polar surface area (TPSA) is 83.8 Å². The summed E-state index contributed by atoms with van der Waals surface area (Å²) in [5.41, 5.74) is 7.09. The molecule has 3 N–H and O–H groups in total. The van der Waals surface area contributed by atoms with Gasteiger partial charge in [0.15, 0.2) is 5.82 Å². The zero-order valence-corrected chi connectivity index (χ0v) is 10.9. The number of rotatable bonds is 2. The fourth-order valence-electron chi connectivity index (χ4n) is 2.31. The summed E-state index contributed by atoms with van der Waals surface area (Å²) >= 11 is 6.14. The third-order valence-electron chi connectivity index (χ3n) is 3.24. The maximum Gasteiger partial charge on any atom is 0.152 e. The van der Waals surface area contributed by atoms with Crippen LogP contribution in [0.2, 0.25) is 5.02 Å². The van der Waals surface area contributed by atoms with Gasteiger partial charge < -0.3 is 15.2 Å². The van der Waals surface area contributed by atoms with E-state index in [1.54, 1.807) is 12.4 Å². The lowest BCUT2D eigenvalue weighted by Crippen LogP contribution is -2.35. The summed E-state index contributed by atoms with van der Waals surface area (Å²) in [5, 5.41) is 16.2. The van der Waals surface area contributed by atoms with Gasteiger partial charge in [0.25, 0.3) is 0 Å². The van der Waals surface area contributed by atoms with Gasteiger partial charge in [-0.1, -0.05) is 17.7 Å². The van der Waals surface area contributed by atoms with E-state index in [0.29, 0.717) is 17.1 Å². The number of nitrogen functional groups attached to an aromatic ring is 1. The summed E-state index contributed by atoms with van der Waals surface area (Å²) in [5.74, 6) is 0.883. The van der Waals surface area contributed by atoms with Crippen LogP contribution in [0.4, 0.5) is 5.69 Å². The van der Waals surface area contributed by atoms with Crippen LogP contribution in [0.25, 0.3) is 0 Å². The molecule has 98 valence electrons. The Kier molecular flexibility index (Phi) is 2.87. The monoisotopic (exact) mass is 276 g/mol. The third-order valence-corrected chi connectivity index (χ3v) is 3.56. The predicted octanol–water partition coefficient (Wildman–Crippen LogP) is 1.24. The average molecular weight is 277 g/mol. The summed E-state index contributed by atoms with van der Waals surface area (Å²) in [6.45, 7) is 2.26. The first kappa shape index (κ1) is 12.0. The van der Waals surface area contributed by atoms with Crippen LogP contribution in [0.15, 0.2) is 24.5 Å². The van der Waals surface area contributed by atoms with Crippen LogP contribution in [0.1, 0.15) is 11.4 Å². The number of anilines is 1. The van der Waals surface area contributed by atoms with E-state index >= 15 is 0 Å². The molecule has 1 aromatic heterocycles. The molecule has 0 saturated heterocycles. The lowest BCUT2D eigenvalue weighted by atomic mass is 10.1. The highest BCUT2D eigenvalue weighted by Crippen LogP contribution is 2.29. The molecule has 3 rings (SSSR count). The molecule has 7 heteroatoms. The van der Waals surface area contributed by atoms with Crippen molar-refractivity contribution in [2.45, 2.75) is 13.1 Å². The lowest BCUT2D eigenvalue weighted by Gasteiger charge is -2.30. The van der Waals surface area contributed by atoms with Crippen molar-refractivity contribution in [3.8, 4) is 0 Å². The number of hydrogen-bond acceptors (Lipinski definition) is 4. The first-order valence-electron chi connectivity index (χ1n) is 5.91. The van der Waals surface area contributed by atoms with Crippen LogP contribution in [0.5, 0.6) is 0 Å². The second-order valence-corrected chi connectivity index (χ2v) is 4.82. The van der Waals surface area contributed by atoms with Gasteiger partial charge in [0.05, 0.1) is 17.1 Å². The van der Waals surface area contributed by atoms with Crippen LogP contribution in [0, 0.1) is 5.41 Å². The molecule has 0 unspecified atom stereocenters. The first-order chi connectivity index (χ1) is 9.16. The highest BCUT2D eigenvalue weighted by molar-refractivity contribution is 6.34. The highest BCUT2D eigenvalue weighted by atomic mass is 35.5. The lowest BCUT2D eigenvalue weighted by molar-refractivity contribution is 0.560. The third kappa shape index (κ3) is 2.04. The van der Waals surface area contributed by atoms with Crippen molar-refractivity contribution in [2.24, 2.45) is 5.73 Å². The number of aromatic nitrogens is 3. The largest absolute Gasteiger partial charge is 0.384 e. The Morgan fingerprint density at radius 1 is 1.37 bits per heavy atom. The van der Waals surface area contributed by atoms with Crippen molar-refractivity contribution < 1.29 is 0 Å². The Morgan fingerprint density at radius 3 is 3.00 bits per heavy atom. The number of hydrogen-bond donors (Lipinski definition) is 2. The van der Waals surface area contributed by atoms with Crippen LogP contribution in [-0.2, 0) is 13.1 Å². The van der Waals surface area contributed by atoms with E-state index in [0.717, 1.165) is 24.6 Å². The number of nitrogens with one attached hydrogen (secondary N) is 1. The molecule has 0 aliphatic carbocycles. The van der Waals surface area contributed by atoms with E-state index in [4.69, 9.17) is 22.7 Å². The Balaban J connectivity index is 2.00. The number of nitrogens with two attached hydrogens (primary N) is 1. The SMILES string of the molecule is N=C(N)c1c(Cl)cccc1N1CCn2cnnc2C1. The molecule has 0 bridgehead atoms. The maximum absolute atomic E-state index is 7.68. The zero-order valence-electron chi connectivity index (χ0n) is 10.2. The molecule has 2 aromatic rings. The van der Waals surface area contributed by atoms with E-state index in [-0.39, 0.29) is 5.84 Å². The van der Waals surface area contributed by atoms with Gasteiger partial charge >= 0.3 is 0 Å². The van der Waals surface area contributed by atoms with Crippen LogP contribution in [0.3, 0.4) is 0 Å². The summed E-state index contributed by atoms with van der Waals surface area (Å²) in [6, 6.07) is 5.53. The van der Waals surface area contributed by atoms with Gasteiger partial charge in [0, 0.05) is 18.8 Å². The molecule has 1 aromatic carbocycles. The molecule has 0 atom stereocenters. The number of nitrogens with zero attached hydrogens (tertiary/aromatic N) is 4. The van der Waals surface area contributed by atoms with Gasteiger partial charge in [0.2, 0.25) is 0 Å². The van der Waals surface area contributed by atoms with E-state index in [1.807, 2.05) is 16.7 Å². The fraction of sp³-hybridized carbons (Fsp3) is 0.250. The van der Waals surface area contributed by atoms with Gasteiger partial charge in [-0.3, -0.25) is 5.41 Å². The maximum atomic E-state index is 7.68. The van der Waals surface area contributed by atoms with Crippen LogP contribution >= 0.6 is 11.6 Å². The smallest absolute Gasteiger partial charge is 0.152 e. The van der Waals surface area contributed by atoms with Crippen molar-refractivity contribution in [3.63, 3.8) is 0 Å². The van der Waals surface area contributed by atoms with Gasteiger partial charge in [-0.2, -0.15) is 0 Å². The van der Waals surface area contributed by atoms with E-state index < -0.39 is 0 Å². The number of amidine groups is 1. The molecule has 0 fully saturated rings. The predicted molar refractivity (Wildman–Crippen MR) is 73.5 cm³/mol. The second-order valence-electron chi connectivity index (χ2n) is 4.41. The molecule has 0 spiro atoms. The van der Waals surface area contributed by atoms with E-state index in [2.05, 4.69) is 15.1 Å². The molecule has 0 radical (unpaired) electrons. The van der Waals surface area contributed by atoms with Crippen molar-refractivity contribution in [1.82, 2.24) is 14.8 Å². The molecule has 19 heavy (non-hydrogen) atoms. The molecule has 0 amide bonds. The highest BCUT2D eigenvalue weighted by Gasteiger charge is 2.21. The summed E-state index contributed by atoms with van der Waals surface area (Å²) in [4.78, 5) is 2.12. The van der Waals surface area contributed by atoms with Crippen molar-refractivity contribution in [2.75, 3.05) is 11.4 Å². The van der Waals surface area contributed by atoms with Crippen molar-refractivity contribution in [1.29, 1.82) is 5.41 Å². The molecular formula is C12H13ClN6. The van der Waals surface area contributed by atoms with Crippen LogP contribution < -0.4 is 10.6 Å². The van der Waals surface area contributed by atoms with Crippen LogP contribution in [-0.4, -0.2) is 27.1 Å². The average Bonchev–Trinajstić information content (AvgIpc) is 2.85. The molecule has 6 nitrogen and oxygen atoms in total. The van der Waals surface area contributed by atoms with Gasteiger partial charge in [0.1, 0.15) is 12.2 Å². The number of fused-ring (bicyclic) bond motifs is 1. The Labute approximate surface area is 115 Å². The standard InChI is InChI=1S/C12H13ClN6/c13-8-2-1-3-9(11(8)12(14)15)18-4-5-19-7-16-17-10(19)6-18/h1-3,7H,4-6H2,(H3,14,15). The summed E-state index contributed by atoms with van der Waals surface area (Å²) in [7, 11) is 0. The van der Waals surface area contributed by atoms with Gasteiger partial charge in [-0.15, -0.1) is 10.2 Å². The second kappa shape index (κ2) is 4.55. The fourth-order valence-corrected chi connectivity index (χ4v) is 2.59. The minimum Gasteiger partial charge on any atom is -0.384 e. The van der Waals surface area contributed by atoms with Crippen molar-refractivity contribution in [3.05, 3.63) is 40.9 Å². The molecule has 1 aliphatic heterocycles. The molecular weight excluding hydrogens is 264 g/mol. The Hall–Kier alpha value is -2.08. The molecule has 2 heterocycles. The van der Waals surface area contributed by atoms with E-state index in [1.165, 1.54) is 0 Å². The molecule has 1 aliphatic rings. The first-order valence-corrected chi connectivity index (χ1v) is 6.29. The summed E-state index contributed by atoms with van der Waals surface area (Å²) < 4.78 is 2.02. The molecule has 0 saturated carbocycles. The van der Waals surface area contributed by atoms with Gasteiger partial charge in [-0.05, 0) is 12.1 Å². The van der Waals surface area contributed by atoms with E-state index in [9.17, 15) is 0 Å². The normalized spacial score (nSPS) is 14.3.